The molecule has 2 heterocycles. The number of rotatable bonds is 2. The fourth-order valence-electron chi connectivity index (χ4n) is 2.46. The van der Waals surface area contributed by atoms with Crippen LogP contribution in [0.15, 0.2) is 36.8 Å². The molecule has 0 atom stereocenters. The largest absolute Gasteiger partial charge is 0.308 e. The molecule has 4 nitrogen and oxygen atoms in total. The van der Waals surface area contributed by atoms with E-state index in [1.807, 2.05) is 32.1 Å². The van der Waals surface area contributed by atoms with Crippen molar-refractivity contribution in [2.75, 3.05) is 11.4 Å². The molecule has 1 aromatic heterocycles. The van der Waals surface area contributed by atoms with Crippen LogP contribution in [0.4, 0.5) is 5.69 Å². The van der Waals surface area contributed by atoms with Crippen molar-refractivity contribution in [3.05, 3.63) is 53.6 Å². The van der Waals surface area contributed by atoms with Crippen molar-refractivity contribution in [1.29, 1.82) is 0 Å². The molecule has 0 aliphatic carbocycles. The summed E-state index contributed by atoms with van der Waals surface area (Å²) in [7, 11) is 0. The number of aromatic nitrogens is 2. The third-order valence-corrected chi connectivity index (χ3v) is 3.42. The number of amides is 1. The van der Waals surface area contributed by atoms with Crippen LogP contribution in [0.5, 0.6) is 0 Å². The predicted octanol–water partition coefficient (Wildman–Crippen LogP) is 2.69. The topological polar surface area (TPSA) is 46.1 Å². The Morgan fingerprint density at radius 3 is 2.85 bits per heavy atom. The van der Waals surface area contributed by atoms with E-state index in [-0.39, 0.29) is 5.91 Å². The number of fused-ring (bicyclic) bond motifs is 1. The number of aryl methyl sites for hydroxylation is 1. The summed E-state index contributed by atoms with van der Waals surface area (Å²) < 4.78 is 0. The van der Waals surface area contributed by atoms with Gasteiger partial charge < -0.3 is 4.90 Å². The second-order valence-electron chi connectivity index (χ2n) is 4.76. The molecule has 1 aliphatic heterocycles. The van der Waals surface area contributed by atoms with Gasteiger partial charge in [0.05, 0.1) is 17.0 Å². The van der Waals surface area contributed by atoms with E-state index >= 15 is 0 Å². The molecule has 1 amide bonds. The van der Waals surface area contributed by atoms with E-state index < -0.39 is 0 Å². The molecule has 3 rings (SSSR count). The molecule has 0 fully saturated rings. The van der Waals surface area contributed by atoms with Gasteiger partial charge in [-0.2, -0.15) is 0 Å². The minimum Gasteiger partial charge on any atom is -0.308 e. The molecule has 1 aromatic carbocycles. The first-order valence-corrected chi connectivity index (χ1v) is 6.61. The van der Waals surface area contributed by atoms with Crippen LogP contribution >= 0.6 is 0 Å². The average molecular weight is 265 g/mol. The highest BCUT2D eigenvalue weighted by Crippen LogP contribution is 2.37. The van der Waals surface area contributed by atoms with Crippen LogP contribution in [0.3, 0.4) is 0 Å². The summed E-state index contributed by atoms with van der Waals surface area (Å²) in [4.78, 5) is 22.4. The number of carbonyl (C=O) groups is 1. The van der Waals surface area contributed by atoms with Crippen molar-refractivity contribution < 1.29 is 4.79 Å². The van der Waals surface area contributed by atoms with Gasteiger partial charge in [-0.3, -0.25) is 4.79 Å². The first kappa shape index (κ1) is 12.5. The molecule has 2 aromatic rings. The van der Waals surface area contributed by atoms with E-state index in [1.165, 1.54) is 6.33 Å². The Bertz CT molecular complexity index is 692. The monoisotopic (exact) mass is 265 g/mol. The maximum absolute atomic E-state index is 12.5. The minimum atomic E-state index is 0.0340. The highest BCUT2D eigenvalue weighted by molar-refractivity contribution is 6.35. The molecule has 100 valence electrons. The van der Waals surface area contributed by atoms with E-state index in [2.05, 4.69) is 16.0 Å². The molecule has 0 spiro atoms. The first-order valence-electron chi connectivity index (χ1n) is 6.61. The Morgan fingerprint density at radius 1 is 1.30 bits per heavy atom. The summed E-state index contributed by atoms with van der Waals surface area (Å²) >= 11 is 0. The van der Waals surface area contributed by atoms with Gasteiger partial charge in [0.15, 0.2) is 0 Å². The first-order chi connectivity index (χ1) is 9.70. The molecule has 0 bridgehead atoms. The van der Waals surface area contributed by atoms with E-state index in [4.69, 9.17) is 0 Å². The Kier molecular flexibility index (Phi) is 3.06. The van der Waals surface area contributed by atoms with Crippen molar-refractivity contribution in [3.8, 4) is 0 Å². The van der Waals surface area contributed by atoms with Crippen molar-refractivity contribution in [2.45, 2.75) is 13.8 Å². The van der Waals surface area contributed by atoms with Gasteiger partial charge in [-0.1, -0.05) is 11.6 Å². The maximum Gasteiger partial charge on any atom is 0.259 e. The van der Waals surface area contributed by atoms with Crippen LogP contribution in [0.25, 0.3) is 11.6 Å². The SMILES string of the molecule is CCN1C(=O)/C(=C/c2ccncn2)c2cc(C)ccc21. The smallest absolute Gasteiger partial charge is 0.259 e. The molecule has 0 saturated carbocycles. The van der Waals surface area contributed by atoms with Gasteiger partial charge in [0.25, 0.3) is 5.91 Å². The van der Waals surface area contributed by atoms with Crippen LogP contribution in [0, 0.1) is 6.92 Å². The number of benzene rings is 1. The van der Waals surface area contributed by atoms with Crippen molar-refractivity contribution in [2.24, 2.45) is 0 Å². The second-order valence-corrected chi connectivity index (χ2v) is 4.76. The Hall–Kier alpha value is -2.49. The third kappa shape index (κ3) is 1.99. The van der Waals surface area contributed by atoms with Crippen molar-refractivity contribution in [1.82, 2.24) is 9.97 Å². The zero-order chi connectivity index (χ0) is 14.1. The Labute approximate surface area is 117 Å². The molecule has 0 unspecified atom stereocenters. The van der Waals surface area contributed by atoms with E-state index in [1.54, 1.807) is 17.2 Å². The van der Waals surface area contributed by atoms with Gasteiger partial charge in [0, 0.05) is 18.3 Å². The Morgan fingerprint density at radius 2 is 2.15 bits per heavy atom. The fourth-order valence-corrected chi connectivity index (χ4v) is 2.46. The number of hydrogen-bond acceptors (Lipinski definition) is 3. The predicted molar refractivity (Wildman–Crippen MR) is 79.1 cm³/mol. The molecular weight excluding hydrogens is 250 g/mol. The lowest BCUT2D eigenvalue weighted by Crippen LogP contribution is -2.25. The van der Waals surface area contributed by atoms with E-state index in [0.717, 1.165) is 22.5 Å². The number of hydrogen-bond donors (Lipinski definition) is 0. The molecule has 20 heavy (non-hydrogen) atoms. The summed E-state index contributed by atoms with van der Waals surface area (Å²) in [5.41, 5.74) is 4.54. The molecular formula is C16H15N3O. The third-order valence-electron chi connectivity index (χ3n) is 3.42. The van der Waals surface area contributed by atoms with Crippen LogP contribution < -0.4 is 4.90 Å². The van der Waals surface area contributed by atoms with Gasteiger partial charge in [0.1, 0.15) is 6.33 Å². The number of carbonyl (C=O) groups excluding carboxylic acids is 1. The normalized spacial score (nSPS) is 15.8. The number of nitrogens with zero attached hydrogens (tertiary/aromatic N) is 3. The summed E-state index contributed by atoms with van der Waals surface area (Å²) in [6.07, 6.45) is 4.99. The van der Waals surface area contributed by atoms with Gasteiger partial charge in [0.2, 0.25) is 0 Å². The zero-order valence-electron chi connectivity index (χ0n) is 11.5. The van der Waals surface area contributed by atoms with E-state index in [9.17, 15) is 4.79 Å². The van der Waals surface area contributed by atoms with Gasteiger partial charge >= 0.3 is 0 Å². The van der Waals surface area contributed by atoms with Gasteiger partial charge in [-0.25, -0.2) is 9.97 Å². The highest BCUT2D eigenvalue weighted by atomic mass is 16.2. The number of likely N-dealkylation sites (N-methyl/N-ethyl adjacent to an activating group) is 1. The second kappa shape index (κ2) is 4.89. The summed E-state index contributed by atoms with van der Waals surface area (Å²) in [6, 6.07) is 7.88. The molecule has 1 aliphatic rings. The zero-order valence-corrected chi connectivity index (χ0v) is 11.5. The maximum atomic E-state index is 12.5. The van der Waals surface area contributed by atoms with Crippen molar-refractivity contribution in [3.63, 3.8) is 0 Å². The average Bonchev–Trinajstić information content (AvgIpc) is 2.72. The van der Waals surface area contributed by atoms with Crippen LogP contribution in [-0.2, 0) is 4.79 Å². The van der Waals surface area contributed by atoms with Gasteiger partial charge in [-0.05, 0) is 38.1 Å². The molecule has 4 heteroatoms. The summed E-state index contributed by atoms with van der Waals surface area (Å²) in [5.74, 6) is 0.0340. The number of anilines is 1. The molecule has 0 saturated heterocycles. The minimum absolute atomic E-state index is 0.0340. The lowest BCUT2D eigenvalue weighted by atomic mass is 10.0. The lowest BCUT2D eigenvalue weighted by molar-refractivity contribution is -0.112. The van der Waals surface area contributed by atoms with Crippen LogP contribution in [0.1, 0.15) is 23.7 Å². The summed E-state index contributed by atoms with van der Waals surface area (Å²) in [6.45, 7) is 4.67. The quantitative estimate of drug-likeness (QED) is 0.784. The Balaban J connectivity index is 2.15. The lowest BCUT2D eigenvalue weighted by Gasteiger charge is -2.13. The van der Waals surface area contributed by atoms with Crippen LogP contribution in [-0.4, -0.2) is 22.4 Å². The van der Waals surface area contributed by atoms with E-state index in [0.29, 0.717) is 12.1 Å². The van der Waals surface area contributed by atoms with Crippen LogP contribution in [0.2, 0.25) is 0 Å². The summed E-state index contributed by atoms with van der Waals surface area (Å²) in [5, 5.41) is 0. The highest BCUT2D eigenvalue weighted by Gasteiger charge is 2.31. The standard InChI is InChI=1S/C16H15N3O/c1-3-19-15-5-4-11(2)8-13(15)14(16(19)20)9-12-6-7-17-10-18-12/h4-10H,3H2,1-2H3/b14-9+. The van der Waals surface area contributed by atoms with Gasteiger partial charge in [-0.15, -0.1) is 0 Å². The van der Waals surface area contributed by atoms with Crippen molar-refractivity contribution >= 4 is 23.2 Å². The fraction of sp³-hybridized carbons (Fsp3) is 0.188. The molecule has 0 N–H and O–H groups in total. The molecule has 0 radical (unpaired) electrons.